The van der Waals surface area contributed by atoms with E-state index in [0.717, 1.165) is 22.5 Å². The van der Waals surface area contributed by atoms with Gasteiger partial charge in [-0.05, 0) is 23.3 Å². The highest BCUT2D eigenvalue weighted by atomic mass is 16.5. The van der Waals surface area contributed by atoms with Crippen molar-refractivity contribution in [2.75, 3.05) is 38.0 Å². The van der Waals surface area contributed by atoms with E-state index in [1.165, 1.54) is 0 Å². The predicted octanol–water partition coefficient (Wildman–Crippen LogP) is 2.47. The Balaban J connectivity index is 2.00. The van der Waals surface area contributed by atoms with Crippen LogP contribution in [-0.2, 0) is 22.6 Å². The molecule has 5 nitrogen and oxygen atoms in total. The summed E-state index contributed by atoms with van der Waals surface area (Å²) in [4.78, 5) is 16.1. The standard InChI is InChI=1S/C20H26N2O3/c1-21(2)17-11-10-16(12-18(17)22(3)4)13-19(23)20(24)25-14-15-8-6-5-7-9-15/h5-12,19,23H,13-14H2,1-4H3/t19-/m1/s1. The minimum Gasteiger partial charge on any atom is -0.459 e. The minimum atomic E-state index is -1.18. The van der Waals surface area contributed by atoms with Crippen molar-refractivity contribution in [2.24, 2.45) is 0 Å². The Hall–Kier alpha value is -2.53. The summed E-state index contributed by atoms with van der Waals surface area (Å²) >= 11 is 0. The van der Waals surface area contributed by atoms with Crippen LogP contribution in [0.1, 0.15) is 11.1 Å². The van der Waals surface area contributed by atoms with E-state index in [2.05, 4.69) is 0 Å². The summed E-state index contributed by atoms with van der Waals surface area (Å²) in [6, 6.07) is 15.3. The monoisotopic (exact) mass is 342 g/mol. The van der Waals surface area contributed by atoms with E-state index >= 15 is 0 Å². The molecule has 0 saturated carbocycles. The number of ether oxygens (including phenoxy) is 1. The van der Waals surface area contributed by atoms with Crippen molar-refractivity contribution < 1.29 is 14.6 Å². The first-order valence-electron chi connectivity index (χ1n) is 8.24. The molecule has 2 rings (SSSR count). The van der Waals surface area contributed by atoms with Crippen LogP contribution in [0.4, 0.5) is 11.4 Å². The van der Waals surface area contributed by atoms with Gasteiger partial charge in [0.2, 0.25) is 0 Å². The third kappa shape index (κ3) is 5.22. The largest absolute Gasteiger partial charge is 0.459 e. The average Bonchev–Trinajstić information content (AvgIpc) is 2.60. The maximum Gasteiger partial charge on any atom is 0.335 e. The number of carbonyl (C=O) groups is 1. The summed E-state index contributed by atoms with van der Waals surface area (Å²) in [6.45, 7) is 0.166. The molecule has 2 aromatic rings. The first-order chi connectivity index (χ1) is 11.9. The number of carbonyl (C=O) groups excluding carboxylic acids is 1. The second-order valence-corrected chi connectivity index (χ2v) is 6.43. The topological polar surface area (TPSA) is 53.0 Å². The Bertz CT molecular complexity index is 699. The van der Waals surface area contributed by atoms with Gasteiger partial charge in [0.25, 0.3) is 0 Å². The van der Waals surface area contributed by atoms with Crippen LogP contribution in [0.2, 0.25) is 0 Å². The van der Waals surface area contributed by atoms with Crippen molar-refractivity contribution in [3.05, 3.63) is 59.7 Å². The quantitative estimate of drug-likeness (QED) is 0.784. The Kier molecular flexibility index (Phi) is 6.42. The molecule has 0 amide bonds. The first kappa shape index (κ1) is 18.8. The molecule has 0 unspecified atom stereocenters. The molecule has 0 aromatic heterocycles. The van der Waals surface area contributed by atoms with Crippen molar-refractivity contribution >= 4 is 17.3 Å². The van der Waals surface area contributed by atoms with Gasteiger partial charge in [0.05, 0.1) is 11.4 Å². The predicted molar refractivity (Wildman–Crippen MR) is 101 cm³/mol. The third-order valence-corrected chi connectivity index (χ3v) is 3.93. The molecule has 25 heavy (non-hydrogen) atoms. The molecule has 0 bridgehead atoms. The van der Waals surface area contributed by atoms with Crippen molar-refractivity contribution in [3.8, 4) is 0 Å². The highest BCUT2D eigenvalue weighted by Gasteiger charge is 2.18. The number of benzene rings is 2. The minimum absolute atomic E-state index is 0.166. The second kappa shape index (κ2) is 8.53. The molecule has 0 aliphatic carbocycles. The molecule has 0 radical (unpaired) electrons. The van der Waals surface area contributed by atoms with Crippen LogP contribution >= 0.6 is 0 Å². The summed E-state index contributed by atoms with van der Waals surface area (Å²) in [5.41, 5.74) is 3.90. The Morgan fingerprint density at radius 3 is 2.20 bits per heavy atom. The second-order valence-electron chi connectivity index (χ2n) is 6.43. The highest BCUT2D eigenvalue weighted by Crippen LogP contribution is 2.28. The first-order valence-corrected chi connectivity index (χ1v) is 8.24. The molecule has 0 aliphatic heterocycles. The zero-order valence-electron chi connectivity index (χ0n) is 15.3. The lowest BCUT2D eigenvalue weighted by molar-refractivity contribution is -0.154. The Morgan fingerprint density at radius 1 is 0.960 bits per heavy atom. The van der Waals surface area contributed by atoms with Crippen molar-refractivity contribution in [3.63, 3.8) is 0 Å². The summed E-state index contributed by atoms with van der Waals surface area (Å²) < 4.78 is 5.19. The van der Waals surface area contributed by atoms with E-state index in [0.29, 0.717) is 0 Å². The van der Waals surface area contributed by atoms with Gasteiger partial charge in [0, 0.05) is 34.6 Å². The summed E-state index contributed by atoms with van der Waals surface area (Å²) in [7, 11) is 7.91. The molecular formula is C20H26N2O3. The maximum atomic E-state index is 12.0. The maximum absolute atomic E-state index is 12.0. The van der Waals surface area contributed by atoms with Crippen molar-refractivity contribution in [1.82, 2.24) is 0 Å². The number of hydrogen-bond donors (Lipinski definition) is 1. The lowest BCUT2D eigenvalue weighted by atomic mass is 10.1. The van der Waals surface area contributed by atoms with Gasteiger partial charge in [-0.25, -0.2) is 4.79 Å². The molecule has 0 spiro atoms. The number of rotatable bonds is 7. The van der Waals surface area contributed by atoms with Crippen LogP contribution < -0.4 is 9.80 Å². The number of aliphatic hydroxyl groups excluding tert-OH is 1. The van der Waals surface area contributed by atoms with Crippen LogP contribution in [0, 0.1) is 0 Å². The molecule has 2 aromatic carbocycles. The molecule has 1 N–H and O–H groups in total. The Labute approximate surface area is 149 Å². The summed E-state index contributed by atoms with van der Waals surface area (Å²) in [5.74, 6) is -0.605. The van der Waals surface area contributed by atoms with Gasteiger partial charge in [-0.1, -0.05) is 36.4 Å². The number of aliphatic hydroxyl groups is 1. The SMILES string of the molecule is CN(C)c1ccc(C[C@@H](O)C(=O)OCc2ccccc2)cc1N(C)C. The fourth-order valence-electron chi connectivity index (χ4n) is 2.56. The number of anilines is 2. The van der Waals surface area contributed by atoms with Crippen LogP contribution in [-0.4, -0.2) is 45.4 Å². The van der Waals surface area contributed by atoms with E-state index in [4.69, 9.17) is 4.74 Å². The van der Waals surface area contributed by atoms with Crippen molar-refractivity contribution in [1.29, 1.82) is 0 Å². The van der Waals surface area contributed by atoms with E-state index in [1.54, 1.807) is 0 Å². The fraction of sp³-hybridized carbons (Fsp3) is 0.350. The lowest BCUT2D eigenvalue weighted by Crippen LogP contribution is -2.25. The van der Waals surface area contributed by atoms with E-state index < -0.39 is 12.1 Å². The van der Waals surface area contributed by atoms with Crippen LogP contribution in [0.15, 0.2) is 48.5 Å². The molecule has 134 valence electrons. The van der Waals surface area contributed by atoms with E-state index in [-0.39, 0.29) is 13.0 Å². The van der Waals surface area contributed by atoms with Gasteiger partial charge < -0.3 is 19.6 Å². The number of nitrogens with zero attached hydrogens (tertiary/aromatic N) is 2. The normalized spacial score (nSPS) is 11.7. The smallest absolute Gasteiger partial charge is 0.335 e. The van der Waals surface area contributed by atoms with Crippen LogP contribution in [0.3, 0.4) is 0 Å². The zero-order valence-corrected chi connectivity index (χ0v) is 15.3. The van der Waals surface area contributed by atoms with Gasteiger partial charge in [-0.2, -0.15) is 0 Å². The average molecular weight is 342 g/mol. The van der Waals surface area contributed by atoms with Crippen LogP contribution in [0.25, 0.3) is 0 Å². The highest BCUT2D eigenvalue weighted by molar-refractivity contribution is 5.75. The Morgan fingerprint density at radius 2 is 1.60 bits per heavy atom. The molecule has 5 heteroatoms. The molecule has 0 aliphatic rings. The summed E-state index contributed by atoms with van der Waals surface area (Å²) in [5, 5.41) is 10.2. The summed E-state index contributed by atoms with van der Waals surface area (Å²) in [6.07, 6.45) is -0.953. The molecule has 1 atom stereocenters. The van der Waals surface area contributed by atoms with Gasteiger partial charge in [0.15, 0.2) is 6.10 Å². The molecule has 0 heterocycles. The van der Waals surface area contributed by atoms with Crippen molar-refractivity contribution in [2.45, 2.75) is 19.1 Å². The molecule has 0 saturated heterocycles. The molecular weight excluding hydrogens is 316 g/mol. The van der Waals surface area contributed by atoms with Gasteiger partial charge in [-0.15, -0.1) is 0 Å². The van der Waals surface area contributed by atoms with E-state index in [9.17, 15) is 9.90 Å². The van der Waals surface area contributed by atoms with Crippen LogP contribution in [0.5, 0.6) is 0 Å². The lowest BCUT2D eigenvalue weighted by Gasteiger charge is -2.23. The van der Waals surface area contributed by atoms with Gasteiger partial charge >= 0.3 is 5.97 Å². The van der Waals surface area contributed by atoms with Gasteiger partial charge in [0.1, 0.15) is 6.61 Å². The van der Waals surface area contributed by atoms with Gasteiger partial charge in [-0.3, -0.25) is 0 Å². The fourth-order valence-corrected chi connectivity index (χ4v) is 2.56. The third-order valence-electron chi connectivity index (χ3n) is 3.93. The number of hydrogen-bond acceptors (Lipinski definition) is 5. The zero-order chi connectivity index (χ0) is 18.4. The number of esters is 1. The van der Waals surface area contributed by atoms with E-state index in [1.807, 2.05) is 86.5 Å². The molecule has 0 fully saturated rings.